The highest BCUT2D eigenvalue weighted by Gasteiger charge is 2.06. The highest BCUT2D eigenvalue weighted by Crippen LogP contribution is 2.27. The molecule has 0 aliphatic rings. The highest BCUT2D eigenvalue weighted by atomic mass is 16.4. The van der Waals surface area contributed by atoms with Crippen molar-refractivity contribution in [2.45, 2.75) is 26.2 Å². The van der Waals surface area contributed by atoms with Gasteiger partial charge in [-0.05, 0) is 43.0 Å². The van der Waals surface area contributed by atoms with Gasteiger partial charge in [0.15, 0.2) is 0 Å². The summed E-state index contributed by atoms with van der Waals surface area (Å²) in [4.78, 5) is 10.3. The minimum absolute atomic E-state index is 0.0636. The molecule has 1 rings (SSSR count). The van der Waals surface area contributed by atoms with Gasteiger partial charge in [-0.25, -0.2) is 0 Å². The van der Waals surface area contributed by atoms with E-state index in [4.69, 9.17) is 5.11 Å². The molecule has 1 aromatic rings. The van der Waals surface area contributed by atoms with Gasteiger partial charge in [-0.1, -0.05) is 0 Å². The maximum Gasteiger partial charge on any atom is 0.303 e. The first-order chi connectivity index (χ1) is 7.00. The Morgan fingerprint density at radius 1 is 1.27 bits per heavy atom. The monoisotopic (exact) mass is 210 g/mol. The van der Waals surface area contributed by atoms with Crippen molar-refractivity contribution >= 4 is 5.97 Å². The lowest BCUT2D eigenvalue weighted by Gasteiger charge is -2.06. The average Bonchev–Trinajstić information content (AvgIpc) is 2.13. The minimum atomic E-state index is -0.856. The summed E-state index contributed by atoms with van der Waals surface area (Å²) in [6.07, 6.45) is 0.964. The van der Waals surface area contributed by atoms with Crippen LogP contribution in [0.2, 0.25) is 0 Å². The molecule has 0 bridgehead atoms. The number of carboxylic acid groups (broad SMARTS) is 1. The molecule has 0 unspecified atom stereocenters. The standard InChI is InChI=1S/C11H14O4/c1-7-5-10(13)8(6-9(7)12)3-2-4-11(14)15/h5-6,12-13H,2-4H2,1H3,(H,14,15). The first-order valence-corrected chi connectivity index (χ1v) is 4.74. The van der Waals surface area contributed by atoms with Crippen LogP contribution in [-0.4, -0.2) is 21.3 Å². The lowest BCUT2D eigenvalue weighted by atomic mass is 10.0. The van der Waals surface area contributed by atoms with Crippen LogP contribution < -0.4 is 0 Å². The molecule has 1 aromatic carbocycles. The predicted molar refractivity (Wildman–Crippen MR) is 55.1 cm³/mol. The number of hydrogen-bond acceptors (Lipinski definition) is 3. The van der Waals surface area contributed by atoms with E-state index in [2.05, 4.69) is 0 Å². The highest BCUT2D eigenvalue weighted by molar-refractivity contribution is 5.66. The molecule has 0 heterocycles. The van der Waals surface area contributed by atoms with Gasteiger partial charge in [0.05, 0.1) is 0 Å². The number of aliphatic carboxylic acids is 1. The van der Waals surface area contributed by atoms with Gasteiger partial charge in [0, 0.05) is 6.42 Å². The van der Waals surface area contributed by atoms with Gasteiger partial charge in [0.1, 0.15) is 11.5 Å². The average molecular weight is 210 g/mol. The SMILES string of the molecule is Cc1cc(O)c(CCCC(=O)O)cc1O. The quantitative estimate of drug-likeness (QED) is 0.662. The van der Waals surface area contributed by atoms with Crippen molar-refractivity contribution in [2.24, 2.45) is 0 Å². The number of aromatic hydroxyl groups is 2. The van der Waals surface area contributed by atoms with E-state index in [-0.39, 0.29) is 17.9 Å². The number of aryl methyl sites for hydroxylation is 2. The molecule has 0 saturated heterocycles. The Morgan fingerprint density at radius 3 is 2.53 bits per heavy atom. The van der Waals surface area contributed by atoms with E-state index in [1.54, 1.807) is 6.92 Å². The third-order valence-electron chi connectivity index (χ3n) is 2.23. The van der Waals surface area contributed by atoms with Crippen molar-refractivity contribution in [1.82, 2.24) is 0 Å². The normalized spacial score (nSPS) is 10.2. The molecule has 82 valence electrons. The Morgan fingerprint density at radius 2 is 1.93 bits per heavy atom. The van der Waals surface area contributed by atoms with E-state index in [9.17, 15) is 15.0 Å². The number of benzene rings is 1. The van der Waals surface area contributed by atoms with Crippen LogP contribution in [0.5, 0.6) is 11.5 Å². The summed E-state index contributed by atoms with van der Waals surface area (Å²) in [5.41, 5.74) is 1.19. The molecule has 4 nitrogen and oxygen atoms in total. The number of phenolic OH excluding ortho intramolecular Hbond substituents is 2. The van der Waals surface area contributed by atoms with Crippen LogP contribution in [0.4, 0.5) is 0 Å². The van der Waals surface area contributed by atoms with Crippen molar-refractivity contribution in [3.63, 3.8) is 0 Å². The van der Waals surface area contributed by atoms with Crippen molar-refractivity contribution in [2.75, 3.05) is 0 Å². The van der Waals surface area contributed by atoms with Gasteiger partial charge in [-0.3, -0.25) is 4.79 Å². The molecule has 0 atom stereocenters. The topological polar surface area (TPSA) is 77.8 Å². The van der Waals surface area contributed by atoms with Gasteiger partial charge in [0.2, 0.25) is 0 Å². The van der Waals surface area contributed by atoms with Crippen LogP contribution in [0.1, 0.15) is 24.0 Å². The Hall–Kier alpha value is -1.71. The molecule has 3 N–H and O–H groups in total. The molecule has 15 heavy (non-hydrogen) atoms. The summed E-state index contributed by atoms with van der Waals surface area (Å²) in [7, 11) is 0. The number of phenols is 2. The van der Waals surface area contributed by atoms with Crippen LogP contribution in [0.3, 0.4) is 0 Å². The second-order valence-corrected chi connectivity index (χ2v) is 3.51. The smallest absolute Gasteiger partial charge is 0.303 e. The lowest BCUT2D eigenvalue weighted by Crippen LogP contribution is -1.96. The van der Waals surface area contributed by atoms with E-state index in [1.165, 1.54) is 12.1 Å². The van der Waals surface area contributed by atoms with E-state index < -0.39 is 5.97 Å². The summed E-state index contributed by atoms with van der Waals surface area (Å²) in [6.45, 7) is 1.69. The molecule has 0 aliphatic heterocycles. The molecule has 0 aromatic heterocycles. The zero-order chi connectivity index (χ0) is 11.4. The number of carbonyl (C=O) groups is 1. The maximum absolute atomic E-state index is 10.3. The fourth-order valence-electron chi connectivity index (χ4n) is 1.35. The van der Waals surface area contributed by atoms with Gasteiger partial charge >= 0.3 is 5.97 Å². The van der Waals surface area contributed by atoms with Crippen LogP contribution in [0, 0.1) is 6.92 Å². The fraction of sp³-hybridized carbons (Fsp3) is 0.364. The summed E-state index contributed by atoms with van der Waals surface area (Å²) >= 11 is 0. The molecular formula is C11H14O4. The molecule has 0 fully saturated rings. The first-order valence-electron chi connectivity index (χ1n) is 4.74. The van der Waals surface area contributed by atoms with Gasteiger partial charge in [0.25, 0.3) is 0 Å². The van der Waals surface area contributed by atoms with E-state index in [0.717, 1.165) is 0 Å². The predicted octanol–water partition coefficient (Wildman–Crippen LogP) is 1.81. The molecular weight excluding hydrogens is 196 g/mol. The Labute approximate surface area is 87.8 Å². The van der Waals surface area contributed by atoms with Gasteiger partial charge < -0.3 is 15.3 Å². The Balaban J connectivity index is 2.69. The summed E-state index contributed by atoms with van der Waals surface area (Å²) in [5, 5.41) is 27.4. The van der Waals surface area contributed by atoms with E-state index in [0.29, 0.717) is 24.0 Å². The third kappa shape index (κ3) is 3.16. The van der Waals surface area contributed by atoms with E-state index >= 15 is 0 Å². The summed E-state index contributed by atoms with van der Waals surface area (Å²) in [6, 6.07) is 2.96. The second kappa shape index (κ2) is 4.68. The molecule has 0 spiro atoms. The van der Waals surface area contributed by atoms with Crippen LogP contribution >= 0.6 is 0 Å². The first kappa shape index (κ1) is 11.4. The molecule has 4 heteroatoms. The fourth-order valence-corrected chi connectivity index (χ4v) is 1.35. The van der Waals surface area contributed by atoms with Crippen molar-refractivity contribution < 1.29 is 20.1 Å². The summed E-state index contributed by atoms with van der Waals surface area (Å²) in [5.74, 6) is -0.625. The third-order valence-corrected chi connectivity index (χ3v) is 2.23. The second-order valence-electron chi connectivity index (χ2n) is 3.51. The zero-order valence-corrected chi connectivity index (χ0v) is 8.53. The van der Waals surface area contributed by atoms with Crippen molar-refractivity contribution in [3.05, 3.63) is 23.3 Å². The zero-order valence-electron chi connectivity index (χ0n) is 8.53. The Bertz CT molecular complexity index is 371. The van der Waals surface area contributed by atoms with E-state index in [1.807, 2.05) is 0 Å². The van der Waals surface area contributed by atoms with Crippen molar-refractivity contribution in [1.29, 1.82) is 0 Å². The van der Waals surface area contributed by atoms with Crippen LogP contribution in [-0.2, 0) is 11.2 Å². The van der Waals surface area contributed by atoms with Gasteiger partial charge in [-0.15, -0.1) is 0 Å². The molecule has 0 amide bonds. The number of carboxylic acids is 1. The number of hydrogen-bond donors (Lipinski definition) is 3. The number of rotatable bonds is 4. The van der Waals surface area contributed by atoms with Crippen LogP contribution in [0.15, 0.2) is 12.1 Å². The maximum atomic E-state index is 10.3. The van der Waals surface area contributed by atoms with Gasteiger partial charge in [-0.2, -0.15) is 0 Å². The molecule has 0 saturated carbocycles. The minimum Gasteiger partial charge on any atom is -0.508 e. The van der Waals surface area contributed by atoms with Crippen molar-refractivity contribution in [3.8, 4) is 11.5 Å². The lowest BCUT2D eigenvalue weighted by molar-refractivity contribution is -0.137. The largest absolute Gasteiger partial charge is 0.508 e. The summed E-state index contributed by atoms with van der Waals surface area (Å²) < 4.78 is 0. The Kier molecular flexibility index (Phi) is 3.55. The molecule has 0 aliphatic carbocycles. The molecule has 0 radical (unpaired) electrons. The van der Waals surface area contributed by atoms with Crippen LogP contribution in [0.25, 0.3) is 0 Å².